The maximum atomic E-state index is 13.0. The van der Waals surface area contributed by atoms with Gasteiger partial charge in [0.1, 0.15) is 34.2 Å². The predicted molar refractivity (Wildman–Crippen MR) is 140 cm³/mol. The number of methoxy groups -OCH3 is 1. The molecule has 0 fully saturated rings. The lowest BCUT2D eigenvalue weighted by Crippen LogP contribution is -2.33. The summed E-state index contributed by atoms with van der Waals surface area (Å²) in [5.41, 5.74) is 0.492. The molecule has 0 unspecified atom stereocenters. The lowest BCUT2D eigenvalue weighted by atomic mass is 10.3. The first-order valence-corrected chi connectivity index (χ1v) is 13.6. The Kier molecular flexibility index (Phi) is 6.10. The van der Waals surface area contributed by atoms with Gasteiger partial charge >= 0.3 is 5.97 Å². The van der Waals surface area contributed by atoms with Gasteiger partial charge in [0, 0.05) is 12.3 Å². The summed E-state index contributed by atoms with van der Waals surface area (Å²) in [4.78, 5) is 30.7. The Morgan fingerprint density at radius 3 is 1.85 bits per heavy atom. The van der Waals surface area contributed by atoms with Crippen molar-refractivity contribution < 1.29 is 9.53 Å². The van der Waals surface area contributed by atoms with E-state index in [-0.39, 0.29) is 5.56 Å². The molecular formula is C27H22N2O3PS+. The van der Waals surface area contributed by atoms with Crippen LogP contribution in [0.15, 0.2) is 108 Å². The summed E-state index contributed by atoms with van der Waals surface area (Å²) in [5.74, 6) is -0.476. The third-order valence-corrected chi connectivity index (χ3v) is 11.1. The summed E-state index contributed by atoms with van der Waals surface area (Å²) < 4.78 is 6.23. The standard InChI is InChI=1S/C27H22N2O3PS/c1-32-26(31)24-18-29-25(30)17-20(28-27(29)34-24)19-33(21-11-5-2-6-12-21,22-13-7-3-8-14-22)23-15-9-4-10-16-23/h2-18H,19H2,1H3/q+1. The Hall–Kier alpha value is -3.60. The van der Waals surface area contributed by atoms with Crippen molar-refractivity contribution in [1.29, 1.82) is 0 Å². The first-order valence-electron chi connectivity index (χ1n) is 10.8. The molecule has 0 N–H and O–H groups in total. The van der Waals surface area contributed by atoms with Crippen molar-refractivity contribution in [3.63, 3.8) is 0 Å². The number of esters is 1. The SMILES string of the molecule is COC(=O)c1cn2c(=O)cc(C[P+](c3ccccc3)(c3ccccc3)c3ccccc3)nc2s1. The van der Waals surface area contributed by atoms with Crippen LogP contribution in [0.5, 0.6) is 0 Å². The zero-order chi connectivity index (χ0) is 23.5. The van der Waals surface area contributed by atoms with E-state index in [0.717, 1.165) is 11.3 Å². The molecule has 0 atom stereocenters. The van der Waals surface area contributed by atoms with E-state index in [9.17, 15) is 9.59 Å². The number of nitrogens with zero attached hydrogens (tertiary/aromatic N) is 2. The first kappa shape index (κ1) is 22.2. The Balaban J connectivity index is 1.74. The quantitative estimate of drug-likeness (QED) is 0.269. The third-order valence-electron chi connectivity index (χ3n) is 5.80. The molecule has 34 heavy (non-hydrogen) atoms. The Labute approximate surface area is 201 Å². The van der Waals surface area contributed by atoms with Gasteiger partial charge in [-0.1, -0.05) is 65.9 Å². The second kappa shape index (κ2) is 9.34. The zero-order valence-corrected chi connectivity index (χ0v) is 20.2. The number of rotatable bonds is 6. The first-order chi connectivity index (χ1) is 16.6. The summed E-state index contributed by atoms with van der Waals surface area (Å²) in [6.07, 6.45) is 2.08. The Morgan fingerprint density at radius 1 is 0.882 bits per heavy atom. The molecule has 0 aliphatic carbocycles. The van der Waals surface area contributed by atoms with E-state index in [0.29, 0.717) is 21.7 Å². The molecule has 0 spiro atoms. The third kappa shape index (κ3) is 3.96. The van der Waals surface area contributed by atoms with Crippen LogP contribution in [0.2, 0.25) is 0 Å². The van der Waals surface area contributed by atoms with Gasteiger partial charge in [0.25, 0.3) is 5.56 Å². The number of benzene rings is 3. The van der Waals surface area contributed by atoms with Crippen LogP contribution >= 0.6 is 18.6 Å². The zero-order valence-electron chi connectivity index (χ0n) is 18.5. The van der Waals surface area contributed by atoms with Crippen LogP contribution in [-0.4, -0.2) is 22.5 Å². The van der Waals surface area contributed by atoms with Crippen LogP contribution in [0.4, 0.5) is 0 Å². The van der Waals surface area contributed by atoms with Gasteiger partial charge in [0.2, 0.25) is 0 Å². The van der Waals surface area contributed by atoms with Crippen LogP contribution in [0, 0.1) is 0 Å². The molecule has 5 rings (SSSR count). The summed E-state index contributed by atoms with van der Waals surface area (Å²) in [6.45, 7) is 0. The molecule has 0 amide bonds. The molecule has 7 heteroatoms. The highest BCUT2D eigenvalue weighted by Gasteiger charge is 2.46. The van der Waals surface area contributed by atoms with Gasteiger partial charge in [-0.2, -0.15) is 0 Å². The fraction of sp³-hybridized carbons (Fsp3) is 0.0741. The fourth-order valence-corrected chi connectivity index (χ4v) is 9.29. The lowest BCUT2D eigenvalue weighted by molar-refractivity contribution is 0.0606. The molecule has 0 radical (unpaired) electrons. The highest BCUT2D eigenvalue weighted by atomic mass is 32.1. The van der Waals surface area contributed by atoms with Crippen molar-refractivity contribution in [2.75, 3.05) is 7.11 Å². The number of aromatic nitrogens is 2. The van der Waals surface area contributed by atoms with E-state index in [4.69, 9.17) is 9.72 Å². The molecule has 5 aromatic rings. The summed E-state index contributed by atoms with van der Waals surface area (Å²) >= 11 is 1.16. The number of thiazole rings is 1. The van der Waals surface area contributed by atoms with Crippen molar-refractivity contribution in [2.45, 2.75) is 6.16 Å². The van der Waals surface area contributed by atoms with Gasteiger partial charge in [-0.3, -0.25) is 9.20 Å². The maximum Gasteiger partial charge on any atom is 0.349 e. The molecule has 0 saturated carbocycles. The van der Waals surface area contributed by atoms with Gasteiger partial charge in [0.05, 0.1) is 12.8 Å². The molecule has 168 valence electrons. The highest BCUT2D eigenvalue weighted by Crippen LogP contribution is 2.57. The molecule has 0 aliphatic rings. The van der Waals surface area contributed by atoms with Gasteiger partial charge < -0.3 is 4.74 Å². The molecule has 2 heterocycles. The van der Waals surface area contributed by atoms with E-state index < -0.39 is 13.2 Å². The predicted octanol–water partition coefficient (Wildman–Crippen LogP) is 4.04. The number of hydrogen-bond acceptors (Lipinski definition) is 5. The van der Waals surface area contributed by atoms with Crippen LogP contribution in [0.3, 0.4) is 0 Å². The largest absolute Gasteiger partial charge is 0.465 e. The van der Waals surface area contributed by atoms with Gasteiger partial charge in [-0.25, -0.2) is 9.78 Å². The smallest absolute Gasteiger partial charge is 0.349 e. The Bertz CT molecular complexity index is 1400. The van der Waals surface area contributed by atoms with Crippen molar-refractivity contribution in [1.82, 2.24) is 9.38 Å². The van der Waals surface area contributed by atoms with E-state index in [1.807, 2.05) is 18.2 Å². The van der Waals surface area contributed by atoms with E-state index in [2.05, 4.69) is 72.8 Å². The lowest BCUT2D eigenvalue weighted by Gasteiger charge is -2.27. The van der Waals surface area contributed by atoms with E-state index in [1.165, 1.54) is 33.6 Å². The molecule has 5 nitrogen and oxygen atoms in total. The van der Waals surface area contributed by atoms with Crippen LogP contribution in [0.25, 0.3) is 4.96 Å². The van der Waals surface area contributed by atoms with Crippen molar-refractivity contribution in [3.05, 3.63) is 124 Å². The van der Waals surface area contributed by atoms with Gasteiger partial charge in [-0.15, -0.1) is 0 Å². The minimum absolute atomic E-state index is 0.210. The molecular weight excluding hydrogens is 463 g/mol. The minimum atomic E-state index is -2.19. The summed E-state index contributed by atoms with van der Waals surface area (Å²) in [5, 5.41) is 3.66. The van der Waals surface area contributed by atoms with E-state index in [1.54, 1.807) is 6.07 Å². The minimum Gasteiger partial charge on any atom is -0.465 e. The fourth-order valence-electron chi connectivity index (χ4n) is 4.24. The monoisotopic (exact) mass is 485 g/mol. The molecule has 3 aromatic carbocycles. The number of carbonyl (C=O) groups excluding carboxylic acids is 1. The van der Waals surface area contributed by atoms with E-state index >= 15 is 0 Å². The number of carbonyl (C=O) groups is 1. The van der Waals surface area contributed by atoms with Crippen LogP contribution in [0.1, 0.15) is 15.4 Å². The maximum absolute atomic E-state index is 13.0. The second-order valence-electron chi connectivity index (χ2n) is 7.80. The highest BCUT2D eigenvalue weighted by molar-refractivity contribution is 7.95. The molecule has 0 saturated heterocycles. The molecule has 0 bridgehead atoms. The van der Waals surface area contributed by atoms with Crippen molar-refractivity contribution in [2.24, 2.45) is 0 Å². The van der Waals surface area contributed by atoms with Crippen molar-refractivity contribution >= 4 is 45.4 Å². The second-order valence-corrected chi connectivity index (χ2v) is 12.3. The van der Waals surface area contributed by atoms with Crippen LogP contribution < -0.4 is 21.5 Å². The van der Waals surface area contributed by atoms with Crippen molar-refractivity contribution in [3.8, 4) is 0 Å². The summed E-state index contributed by atoms with van der Waals surface area (Å²) in [6, 6.07) is 33.0. The number of fused-ring (bicyclic) bond motifs is 1. The average Bonchev–Trinajstić information content (AvgIpc) is 3.33. The average molecular weight is 486 g/mol. The van der Waals surface area contributed by atoms with Gasteiger partial charge in [0.15, 0.2) is 4.96 Å². The van der Waals surface area contributed by atoms with Crippen LogP contribution in [-0.2, 0) is 10.9 Å². The topological polar surface area (TPSA) is 60.7 Å². The molecule has 2 aromatic heterocycles. The number of ether oxygens (including phenoxy) is 1. The van der Waals surface area contributed by atoms with Gasteiger partial charge in [-0.05, 0) is 36.4 Å². The Morgan fingerprint density at radius 2 is 1.38 bits per heavy atom. The summed E-state index contributed by atoms with van der Waals surface area (Å²) in [7, 11) is -0.863. The normalized spacial score (nSPS) is 11.4. The molecule has 0 aliphatic heterocycles. The number of hydrogen-bond donors (Lipinski definition) is 0.